The predicted molar refractivity (Wildman–Crippen MR) is 99.7 cm³/mol. The zero-order valence-corrected chi connectivity index (χ0v) is 15.3. The molecule has 0 amide bonds. The summed E-state index contributed by atoms with van der Waals surface area (Å²) >= 11 is 1.70. The number of halogens is 2. The number of nitrogens with zero attached hydrogens (tertiary/aromatic N) is 1. The summed E-state index contributed by atoms with van der Waals surface area (Å²) in [5.74, 6) is -2.68. The van der Waals surface area contributed by atoms with E-state index < -0.39 is 12.5 Å². The molecular formula is C21H21F2NOS. The van der Waals surface area contributed by atoms with Gasteiger partial charge in [0.05, 0.1) is 12.5 Å². The van der Waals surface area contributed by atoms with Crippen LogP contribution in [0.1, 0.15) is 36.8 Å². The summed E-state index contributed by atoms with van der Waals surface area (Å²) in [6.45, 7) is -0.706. The first-order valence-electron chi connectivity index (χ1n) is 8.80. The first-order chi connectivity index (χ1) is 12.6. The van der Waals surface area contributed by atoms with Crippen molar-refractivity contribution >= 4 is 11.8 Å². The normalized spacial score (nSPS) is 15.0. The number of rotatable bonds is 7. The first-order valence-corrected chi connectivity index (χ1v) is 9.68. The minimum absolute atomic E-state index is 0.0124. The van der Waals surface area contributed by atoms with E-state index in [1.165, 1.54) is 18.9 Å². The van der Waals surface area contributed by atoms with Gasteiger partial charge in [0.2, 0.25) is 0 Å². The largest absolute Gasteiger partial charge is 0.487 e. The number of hydrogen-bond acceptors (Lipinski definition) is 3. The van der Waals surface area contributed by atoms with Crippen molar-refractivity contribution in [2.75, 3.05) is 6.61 Å². The van der Waals surface area contributed by atoms with Crippen LogP contribution in [0.2, 0.25) is 0 Å². The number of nitriles is 1. The van der Waals surface area contributed by atoms with Gasteiger partial charge in [0.25, 0.3) is 0 Å². The zero-order valence-electron chi connectivity index (χ0n) is 14.5. The average Bonchev–Trinajstić information content (AvgIpc) is 3.15. The lowest BCUT2D eigenvalue weighted by atomic mass is 10.1. The van der Waals surface area contributed by atoms with Crippen molar-refractivity contribution in [1.82, 2.24) is 0 Å². The number of alkyl halides is 2. The van der Waals surface area contributed by atoms with Gasteiger partial charge in [-0.2, -0.15) is 14.0 Å². The molecule has 0 aliphatic heterocycles. The van der Waals surface area contributed by atoms with E-state index in [9.17, 15) is 8.78 Å². The molecule has 0 unspecified atom stereocenters. The van der Waals surface area contributed by atoms with Crippen LogP contribution < -0.4 is 4.74 Å². The average molecular weight is 373 g/mol. The van der Waals surface area contributed by atoms with E-state index in [-0.39, 0.29) is 5.56 Å². The molecule has 0 radical (unpaired) electrons. The second-order valence-corrected chi connectivity index (χ2v) is 7.90. The maximum atomic E-state index is 14.6. The number of ether oxygens (including phenoxy) is 1. The highest BCUT2D eigenvalue weighted by Gasteiger charge is 2.33. The molecule has 2 nitrogen and oxygen atoms in total. The number of benzene rings is 2. The molecule has 2 aromatic rings. The van der Waals surface area contributed by atoms with E-state index in [2.05, 4.69) is 0 Å². The highest BCUT2D eigenvalue weighted by Crippen LogP contribution is 2.37. The molecule has 1 aliphatic carbocycles. The van der Waals surface area contributed by atoms with Gasteiger partial charge in [-0.1, -0.05) is 37.1 Å². The van der Waals surface area contributed by atoms with E-state index >= 15 is 0 Å². The van der Waals surface area contributed by atoms with E-state index in [4.69, 9.17) is 10.00 Å². The van der Waals surface area contributed by atoms with Crippen LogP contribution in [-0.4, -0.2) is 11.9 Å². The fourth-order valence-corrected chi connectivity index (χ4v) is 4.35. The summed E-state index contributed by atoms with van der Waals surface area (Å²) < 4.78 is 34.4. The lowest BCUT2D eigenvalue weighted by Crippen LogP contribution is -2.23. The molecule has 0 saturated heterocycles. The van der Waals surface area contributed by atoms with Crippen LogP contribution >= 0.6 is 11.8 Å². The highest BCUT2D eigenvalue weighted by atomic mass is 32.2. The Bertz CT molecular complexity index is 764. The van der Waals surface area contributed by atoms with E-state index in [1.54, 1.807) is 48.2 Å². The van der Waals surface area contributed by atoms with Crippen LogP contribution in [0.25, 0.3) is 0 Å². The fraction of sp³-hybridized carbons (Fsp3) is 0.381. The van der Waals surface area contributed by atoms with Gasteiger partial charge < -0.3 is 4.74 Å². The van der Waals surface area contributed by atoms with Gasteiger partial charge in [0.1, 0.15) is 5.75 Å². The Morgan fingerprint density at radius 2 is 1.85 bits per heavy atom. The Kier molecular flexibility index (Phi) is 6.16. The van der Waals surface area contributed by atoms with Crippen molar-refractivity contribution in [1.29, 1.82) is 5.26 Å². The van der Waals surface area contributed by atoms with Gasteiger partial charge >= 0.3 is 5.92 Å². The maximum Gasteiger partial charge on any atom is 0.306 e. The van der Waals surface area contributed by atoms with Crippen LogP contribution in [0, 0.1) is 11.3 Å². The highest BCUT2D eigenvalue weighted by molar-refractivity contribution is 8.00. The quantitative estimate of drug-likeness (QED) is 0.600. The molecule has 3 rings (SSSR count). The van der Waals surface area contributed by atoms with Crippen molar-refractivity contribution in [2.24, 2.45) is 0 Å². The molecule has 0 bridgehead atoms. The molecule has 5 heteroatoms. The van der Waals surface area contributed by atoms with Crippen LogP contribution in [-0.2, 0) is 12.3 Å². The third kappa shape index (κ3) is 4.98. The van der Waals surface area contributed by atoms with Crippen molar-refractivity contribution in [3.63, 3.8) is 0 Å². The lowest BCUT2D eigenvalue weighted by Gasteiger charge is -2.19. The Labute approximate surface area is 157 Å². The van der Waals surface area contributed by atoms with E-state index in [0.29, 0.717) is 17.4 Å². The summed E-state index contributed by atoms with van der Waals surface area (Å²) in [5, 5.41) is 9.20. The number of hydrogen-bond donors (Lipinski definition) is 0. The molecule has 136 valence electrons. The van der Waals surface area contributed by atoms with Gasteiger partial charge in [-0.15, -0.1) is 11.8 Å². The molecular weight excluding hydrogens is 352 g/mol. The summed E-state index contributed by atoms with van der Waals surface area (Å²) in [5.41, 5.74) is 0.824. The van der Waals surface area contributed by atoms with Gasteiger partial charge in [-0.05, 0) is 42.7 Å². The van der Waals surface area contributed by atoms with Gasteiger partial charge in [0, 0.05) is 15.7 Å². The number of thioether (sulfide) groups is 1. The molecule has 1 fully saturated rings. The summed E-state index contributed by atoms with van der Waals surface area (Å²) in [7, 11) is 0. The lowest BCUT2D eigenvalue weighted by molar-refractivity contribution is -0.0468. The van der Waals surface area contributed by atoms with Crippen LogP contribution in [0.15, 0.2) is 53.4 Å². The standard InChI is InChI=1S/C21H21F2NOS/c22-21(23,15-25-18-10-8-16(9-11-18)12-13-24)17-4-3-7-20(14-17)26-19-5-1-2-6-19/h3-4,7-11,14,19H,1-2,5-6,12,15H2. The van der Waals surface area contributed by atoms with E-state index in [0.717, 1.165) is 23.3 Å². The van der Waals surface area contributed by atoms with Gasteiger partial charge in [-0.25, -0.2) is 0 Å². The topological polar surface area (TPSA) is 33.0 Å². The Morgan fingerprint density at radius 3 is 2.54 bits per heavy atom. The molecule has 1 saturated carbocycles. The summed E-state index contributed by atoms with van der Waals surface area (Å²) in [6, 6.07) is 15.4. The van der Waals surface area contributed by atoms with E-state index in [1.807, 2.05) is 12.1 Å². The van der Waals surface area contributed by atoms with Crippen LogP contribution in [0.5, 0.6) is 5.75 Å². The third-order valence-corrected chi connectivity index (χ3v) is 5.82. The molecule has 0 spiro atoms. The molecule has 1 aliphatic rings. The molecule has 0 aromatic heterocycles. The molecule has 0 atom stereocenters. The van der Waals surface area contributed by atoms with Crippen LogP contribution in [0.4, 0.5) is 8.78 Å². The Balaban J connectivity index is 1.62. The van der Waals surface area contributed by atoms with Crippen LogP contribution in [0.3, 0.4) is 0 Å². The first kappa shape index (κ1) is 18.7. The van der Waals surface area contributed by atoms with Crippen molar-refractivity contribution < 1.29 is 13.5 Å². The van der Waals surface area contributed by atoms with Gasteiger partial charge in [0.15, 0.2) is 6.61 Å². The molecule has 0 N–H and O–H groups in total. The fourth-order valence-electron chi connectivity index (χ4n) is 3.05. The van der Waals surface area contributed by atoms with Crippen molar-refractivity contribution in [3.05, 3.63) is 59.7 Å². The minimum atomic E-state index is -3.06. The Morgan fingerprint density at radius 1 is 1.12 bits per heavy atom. The zero-order chi connectivity index (χ0) is 18.4. The third-order valence-electron chi connectivity index (χ3n) is 4.49. The monoisotopic (exact) mass is 373 g/mol. The van der Waals surface area contributed by atoms with Crippen molar-refractivity contribution in [3.8, 4) is 11.8 Å². The molecule has 26 heavy (non-hydrogen) atoms. The Hall–Kier alpha value is -2.06. The van der Waals surface area contributed by atoms with Crippen molar-refractivity contribution in [2.45, 2.75) is 48.2 Å². The minimum Gasteiger partial charge on any atom is -0.487 e. The molecule has 2 aromatic carbocycles. The van der Waals surface area contributed by atoms with Gasteiger partial charge in [-0.3, -0.25) is 0 Å². The smallest absolute Gasteiger partial charge is 0.306 e. The molecule has 0 heterocycles. The summed E-state index contributed by atoms with van der Waals surface area (Å²) in [6.07, 6.45) is 5.08. The SMILES string of the molecule is N#CCc1ccc(OCC(F)(F)c2cccc(SC3CCCC3)c2)cc1. The predicted octanol–water partition coefficient (Wildman–Crippen LogP) is 5.96. The second kappa shape index (κ2) is 8.55. The maximum absolute atomic E-state index is 14.6. The second-order valence-electron chi connectivity index (χ2n) is 6.52. The summed E-state index contributed by atoms with van der Waals surface area (Å²) in [4.78, 5) is 0.898.